The first kappa shape index (κ1) is 52.8. The smallest absolute Gasteiger partial charge is 0.460 e. The number of alkyl halides is 13. The molecule has 0 aromatic heterocycles. The van der Waals surface area contributed by atoms with Gasteiger partial charge in [-0.2, -0.15) is 62.3 Å². The highest BCUT2D eigenvalue weighted by Crippen LogP contribution is 2.60. The molecule has 0 spiro atoms. The molecule has 0 heterocycles. The van der Waals surface area contributed by atoms with Gasteiger partial charge in [-0.1, -0.05) is 13.8 Å². The van der Waals surface area contributed by atoms with E-state index in [0.717, 1.165) is 0 Å². The van der Waals surface area contributed by atoms with Crippen molar-refractivity contribution in [3.63, 3.8) is 0 Å². The lowest BCUT2D eigenvalue weighted by atomic mass is 9.86. The highest BCUT2D eigenvalue weighted by atomic mass is 19.4. The summed E-state index contributed by atoms with van der Waals surface area (Å²) in [5.41, 5.74) is 0.571. The second-order valence-corrected chi connectivity index (χ2v) is 13.6. The third kappa shape index (κ3) is 12.9. The molecule has 346 valence electrons. The third-order valence-corrected chi connectivity index (χ3v) is 9.05. The summed E-state index contributed by atoms with van der Waals surface area (Å²) in [4.78, 5) is 50.6. The summed E-state index contributed by atoms with van der Waals surface area (Å²) in [6.45, 7) is 2.00. The second-order valence-electron chi connectivity index (χ2n) is 13.6. The van der Waals surface area contributed by atoms with Gasteiger partial charge in [-0.15, -0.1) is 0 Å². The number of nitrogens with zero attached hydrogens (tertiary/aromatic N) is 1. The highest BCUT2D eigenvalue weighted by molar-refractivity contribution is 5.91. The minimum Gasteiger partial charge on any atom is -0.494 e. The average Bonchev–Trinajstić information content (AvgIpc) is 3.20. The van der Waals surface area contributed by atoms with E-state index in [-0.39, 0.29) is 50.4 Å². The van der Waals surface area contributed by atoms with Crippen molar-refractivity contribution in [2.45, 2.75) is 95.1 Å². The zero-order valence-electron chi connectivity index (χ0n) is 33.0. The van der Waals surface area contributed by atoms with Crippen LogP contribution in [0, 0.1) is 29.1 Å². The molecule has 3 atom stereocenters. The largest absolute Gasteiger partial charge is 0.494 e. The molecule has 2 aromatic carbocycles. The summed E-state index contributed by atoms with van der Waals surface area (Å²) in [5.74, 6) is -45.1. The van der Waals surface area contributed by atoms with Gasteiger partial charge in [-0.3, -0.25) is 14.4 Å². The van der Waals surface area contributed by atoms with E-state index in [1.807, 2.05) is 6.07 Å². The standard InChI is InChI=1S/C39H40F13NO9/c1-4-25(31(55)61-19-16-34(40,41)35(42,43)36(44,45)37(46,47)38(48,49)39(50,51)52)21-27(20-23(3)30(54)58-5-2)32(56)60-18-7-6-17-59-28-14-10-26(11-15-28)33(57)62-29-12-8-24(22-53)9-13-29/h8-15,23,25,27H,4-7,16-21H2,1-3H3. The fraction of sp³-hybridized carbons (Fsp3) is 0.564. The quantitative estimate of drug-likeness (QED) is 0.0329. The molecule has 2 rings (SSSR count). The van der Waals surface area contributed by atoms with E-state index in [1.165, 1.54) is 69.3 Å². The SMILES string of the molecule is CCOC(=O)C(C)CC(CC(CC)C(=O)OCCC(F)(F)C(F)(F)C(F)(F)C(F)(F)C(F)(F)C(F)(F)F)C(=O)OCCCCOc1ccc(C(=O)Oc2ccc(C#N)cc2)cc1. The minimum atomic E-state index is -8.07. The van der Waals surface area contributed by atoms with Crippen LogP contribution in [-0.2, 0) is 28.6 Å². The first-order valence-corrected chi connectivity index (χ1v) is 18.5. The van der Waals surface area contributed by atoms with Crippen molar-refractivity contribution in [1.82, 2.24) is 0 Å². The first-order valence-electron chi connectivity index (χ1n) is 18.5. The van der Waals surface area contributed by atoms with Gasteiger partial charge in [-0.05, 0) is 87.6 Å². The summed E-state index contributed by atoms with van der Waals surface area (Å²) >= 11 is 0. The normalized spacial score (nSPS) is 14.2. The molecule has 0 aliphatic carbocycles. The van der Waals surface area contributed by atoms with Crippen LogP contribution in [0.2, 0.25) is 0 Å². The molecule has 23 heteroatoms. The van der Waals surface area contributed by atoms with Crippen molar-refractivity contribution in [3.8, 4) is 17.6 Å². The Hall–Kier alpha value is -5.30. The number of esters is 4. The zero-order valence-corrected chi connectivity index (χ0v) is 33.0. The van der Waals surface area contributed by atoms with Crippen LogP contribution in [0.25, 0.3) is 0 Å². The minimum absolute atomic E-state index is 0.0567. The van der Waals surface area contributed by atoms with Gasteiger partial charge < -0.3 is 23.7 Å². The van der Waals surface area contributed by atoms with E-state index in [4.69, 9.17) is 24.2 Å². The van der Waals surface area contributed by atoms with Crippen LogP contribution in [0.3, 0.4) is 0 Å². The molecule has 0 radical (unpaired) electrons. The molecule has 0 amide bonds. The summed E-state index contributed by atoms with van der Waals surface area (Å²) in [6, 6.07) is 13.7. The Labute approximate surface area is 345 Å². The molecule has 10 nitrogen and oxygen atoms in total. The maximum absolute atomic E-state index is 14.2. The Balaban J connectivity index is 2.00. The topological polar surface area (TPSA) is 138 Å². The molecule has 0 N–H and O–H groups in total. The maximum Gasteiger partial charge on any atom is 0.460 e. The number of carbonyl (C=O) groups is 4. The van der Waals surface area contributed by atoms with Gasteiger partial charge in [-0.25, -0.2) is 4.79 Å². The number of ether oxygens (including phenoxy) is 5. The number of halogens is 13. The van der Waals surface area contributed by atoms with Gasteiger partial charge in [0.25, 0.3) is 0 Å². The number of rotatable bonds is 24. The van der Waals surface area contributed by atoms with Crippen LogP contribution in [-0.4, -0.2) is 86.1 Å². The monoisotopic (exact) mass is 913 g/mol. The molecular formula is C39H40F13NO9. The average molecular weight is 914 g/mol. The van der Waals surface area contributed by atoms with Crippen molar-refractivity contribution in [1.29, 1.82) is 5.26 Å². The number of nitriles is 1. The first-order chi connectivity index (χ1) is 28.6. The van der Waals surface area contributed by atoms with E-state index in [9.17, 15) is 76.3 Å². The Kier molecular flexibility index (Phi) is 18.5. The molecular weight excluding hydrogens is 873 g/mol. The van der Waals surface area contributed by atoms with Crippen LogP contribution in [0.15, 0.2) is 48.5 Å². The Bertz CT molecular complexity index is 1850. The predicted octanol–water partition coefficient (Wildman–Crippen LogP) is 9.77. The molecule has 3 unspecified atom stereocenters. The molecule has 62 heavy (non-hydrogen) atoms. The van der Waals surface area contributed by atoms with E-state index < -0.39 is 96.9 Å². The Morgan fingerprint density at radius 1 is 0.613 bits per heavy atom. The maximum atomic E-state index is 14.2. The van der Waals surface area contributed by atoms with Crippen molar-refractivity contribution < 1.29 is 99.9 Å². The van der Waals surface area contributed by atoms with Gasteiger partial charge in [0, 0.05) is 0 Å². The zero-order chi connectivity index (χ0) is 47.3. The highest BCUT2D eigenvalue weighted by Gasteiger charge is 2.90. The third-order valence-electron chi connectivity index (χ3n) is 9.05. The van der Waals surface area contributed by atoms with Gasteiger partial charge in [0.1, 0.15) is 11.5 Å². The van der Waals surface area contributed by atoms with Crippen molar-refractivity contribution >= 4 is 23.9 Å². The molecule has 0 bridgehead atoms. The van der Waals surface area contributed by atoms with Crippen LogP contribution in [0.5, 0.6) is 11.5 Å². The van der Waals surface area contributed by atoms with Crippen LogP contribution >= 0.6 is 0 Å². The van der Waals surface area contributed by atoms with E-state index in [1.54, 1.807) is 0 Å². The fourth-order valence-corrected chi connectivity index (χ4v) is 5.36. The number of carbonyl (C=O) groups excluding carboxylic acids is 4. The molecule has 0 fully saturated rings. The number of hydrogen-bond acceptors (Lipinski definition) is 10. The van der Waals surface area contributed by atoms with Gasteiger partial charge in [0.05, 0.1) is 67.8 Å². The van der Waals surface area contributed by atoms with E-state index >= 15 is 0 Å². The predicted molar refractivity (Wildman–Crippen MR) is 187 cm³/mol. The second kappa shape index (κ2) is 21.7. The van der Waals surface area contributed by atoms with Crippen molar-refractivity contribution in [3.05, 3.63) is 59.7 Å². The van der Waals surface area contributed by atoms with Gasteiger partial charge in [0.2, 0.25) is 0 Å². The summed E-state index contributed by atoms with van der Waals surface area (Å²) in [7, 11) is 0. The number of benzene rings is 2. The van der Waals surface area contributed by atoms with Crippen molar-refractivity contribution in [2.24, 2.45) is 17.8 Å². The lowest BCUT2D eigenvalue weighted by molar-refractivity contribution is -0.440. The Morgan fingerprint density at radius 2 is 1.13 bits per heavy atom. The van der Waals surface area contributed by atoms with Crippen LogP contribution < -0.4 is 9.47 Å². The molecule has 0 aliphatic rings. The molecule has 2 aromatic rings. The van der Waals surface area contributed by atoms with Crippen molar-refractivity contribution in [2.75, 3.05) is 26.4 Å². The lowest BCUT2D eigenvalue weighted by Gasteiger charge is -2.39. The van der Waals surface area contributed by atoms with Gasteiger partial charge in [0.15, 0.2) is 0 Å². The summed E-state index contributed by atoms with van der Waals surface area (Å²) in [6.07, 6.45) is -10.9. The molecule has 0 aliphatic heterocycles. The van der Waals surface area contributed by atoms with E-state index in [2.05, 4.69) is 4.74 Å². The van der Waals surface area contributed by atoms with Crippen LogP contribution in [0.1, 0.15) is 75.2 Å². The lowest BCUT2D eigenvalue weighted by Crippen LogP contribution is -2.70. The Morgan fingerprint density at radius 3 is 1.66 bits per heavy atom. The summed E-state index contributed by atoms with van der Waals surface area (Å²) in [5, 5.41) is 8.87. The van der Waals surface area contributed by atoms with Gasteiger partial charge >= 0.3 is 59.7 Å². The molecule has 0 saturated carbocycles. The van der Waals surface area contributed by atoms with Crippen LogP contribution in [0.4, 0.5) is 57.1 Å². The van der Waals surface area contributed by atoms with E-state index in [0.29, 0.717) is 17.7 Å². The molecule has 0 saturated heterocycles. The number of unbranched alkanes of at least 4 members (excludes halogenated alkanes) is 1. The summed E-state index contributed by atoms with van der Waals surface area (Å²) < 4.78 is 200. The fourth-order valence-electron chi connectivity index (χ4n) is 5.36. The number of hydrogen-bond donors (Lipinski definition) is 0.